The van der Waals surface area contributed by atoms with Gasteiger partial charge in [-0.05, 0) is 38.1 Å². The van der Waals surface area contributed by atoms with Crippen molar-refractivity contribution in [3.8, 4) is 11.3 Å². The van der Waals surface area contributed by atoms with Crippen LogP contribution in [0.15, 0.2) is 82.0 Å². The van der Waals surface area contributed by atoms with Crippen LogP contribution in [-0.4, -0.2) is 18.4 Å². The molecule has 0 unspecified atom stereocenters. The number of hydrogen-bond acceptors (Lipinski definition) is 5. The second kappa shape index (κ2) is 9.40. The lowest BCUT2D eigenvalue weighted by atomic mass is 10.0. The molecule has 0 aliphatic rings. The quantitative estimate of drug-likeness (QED) is 0.407. The fourth-order valence-corrected chi connectivity index (χ4v) is 3.45. The van der Waals surface area contributed by atoms with Crippen LogP contribution in [0.3, 0.4) is 0 Å². The Labute approximate surface area is 190 Å². The van der Waals surface area contributed by atoms with E-state index in [0.29, 0.717) is 16.7 Å². The largest absolute Gasteiger partial charge is 0.455 e. The number of fused-ring (bicyclic) bond motifs is 1. The number of carbonyl (C=O) groups is 2. The van der Waals surface area contributed by atoms with Crippen molar-refractivity contribution < 1.29 is 14.0 Å². The average Bonchev–Trinajstić information content (AvgIpc) is 2.84. The van der Waals surface area contributed by atoms with Crippen molar-refractivity contribution in [1.29, 1.82) is 0 Å². The van der Waals surface area contributed by atoms with Crippen LogP contribution in [0.5, 0.6) is 0 Å². The number of rotatable bonds is 5. The zero-order valence-corrected chi connectivity index (χ0v) is 18.3. The van der Waals surface area contributed by atoms with Gasteiger partial charge in [0, 0.05) is 16.8 Å². The summed E-state index contributed by atoms with van der Waals surface area (Å²) in [7, 11) is 0. The van der Waals surface area contributed by atoms with Crippen LogP contribution < -0.4 is 21.6 Å². The summed E-state index contributed by atoms with van der Waals surface area (Å²) in [5, 5.41) is 3.28. The summed E-state index contributed by atoms with van der Waals surface area (Å²) < 4.78 is 6.05. The zero-order valence-electron chi connectivity index (χ0n) is 18.3. The summed E-state index contributed by atoms with van der Waals surface area (Å²) in [5.74, 6) is -0.610. The molecule has 0 spiro atoms. The minimum absolute atomic E-state index is 0.0225. The molecule has 0 bridgehead atoms. The van der Waals surface area contributed by atoms with Crippen LogP contribution in [0.2, 0.25) is 0 Å². The molecule has 3 aromatic carbocycles. The number of anilines is 1. The molecule has 4 aromatic rings. The Morgan fingerprint density at radius 1 is 0.848 bits per heavy atom. The molecule has 0 saturated heterocycles. The maximum Gasteiger partial charge on any atom is 0.273 e. The Kier molecular flexibility index (Phi) is 6.22. The van der Waals surface area contributed by atoms with E-state index < -0.39 is 11.8 Å². The van der Waals surface area contributed by atoms with E-state index in [1.807, 2.05) is 61.5 Å². The SMILES string of the molecule is Cc1ccc(NCC(=O)NNC(=O)c2cccc3c(=O)c(C)c(-c4ccccc4)oc23)cc1. The van der Waals surface area contributed by atoms with Gasteiger partial charge in [-0.25, -0.2) is 0 Å². The number of benzene rings is 3. The molecule has 0 radical (unpaired) electrons. The number of nitrogens with one attached hydrogen (secondary N) is 3. The number of aryl methyl sites for hydroxylation is 1. The summed E-state index contributed by atoms with van der Waals surface area (Å²) in [6.45, 7) is 3.65. The highest BCUT2D eigenvalue weighted by atomic mass is 16.3. The number of hydrogen-bond donors (Lipinski definition) is 3. The van der Waals surface area contributed by atoms with Gasteiger partial charge in [0.1, 0.15) is 5.76 Å². The minimum atomic E-state index is -0.588. The van der Waals surface area contributed by atoms with Crippen LogP contribution in [0.25, 0.3) is 22.3 Å². The van der Waals surface area contributed by atoms with E-state index in [1.165, 1.54) is 0 Å². The third-order valence-corrected chi connectivity index (χ3v) is 5.25. The molecule has 4 rings (SSSR count). The minimum Gasteiger partial charge on any atom is -0.455 e. The van der Waals surface area contributed by atoms with Crippen molar-refractivity contribution in [3.63, 3.8) is 0 Å². The lowest BCUT2D eigenvalue weighted by molar-refractivity contribution is -0.120. The van der Waals surface area contributed by atoms with Crippen molar-refractivity contribution in [3.05, 3.63) is 99.7 Å². The summed E-state index contributed by atoms with van der Waals surface area (Å²) in [5.41, 5.74) is 7.97. The van der Waals surface area contributed by atoms with Crippen molar-refractivity contribution in [2.24, 2.45) is 0 Å². The molecule has 0 saturated carbocycles. The van der Waals surface area contributed by atoms with Crippen LogP contribution in [-0.2, 0) is 4.79 Å². The summed E-state index contributed by atoms with van der Waals surface area (Å²) >= 11 is 0. The maximum absolute atomic E-state index is 12.9. The van der Waals surface area contributed by atoms with Gasteiger partial charge < -0.3 is 9.73 Å². The van der Waals surface area contributed by atoms with Crippen molar-refractivity contribution >= 4 is 28.5 Å². The molecule has 166 valence electrons. The van der Waals surface area contributed by atoms with E-state index in [1.54, 1.807) is 25.1 Å². The third kappa shape index (κ3) is 4.77. The lowest BCUT2D eigenvalue weighted by Gasteiger charge is -2.12. The fraction of sp³-hybridized carbons (Fsp3) is 0.115. The Morgan fingerprint density at radius 3 is 2.30 bits per heavy atom. The van der Waals surface area contributed by atoms with E-state index in [-0.39, 0.29) is 23.1 Å². The normalized spacial score (nSPS) is 10.6. The monoisotopic (exact) mass is 441 g/mol. The first-order valence-electron chi connectivity index (χ1n) is 10.5. The van der Waals surface area contributed by atoms with E-state index in [0.717, 1.165) is 16.8 Å². The molecular weight excluding hydrogens is 418 g/mol. The Morgan fingerprint density at radius 2 is 1.58 bits per heavy atom. The van der Waals surface area contributed by atoms with E-state index in [4.69, 9.17) is 4.42 Å². The van der Waals surface area contributed by atoms with Crippen LogP contribution in [0, 0.1) is 13.8 Å². The molecule has 0 atom stereocenters. The summed E-state index contributed by atoms with van der Waals surface area (Å²) in [6.07, 6.45) is 0. The van der Waals surface area contributed by atoms with Gasteiger partial charge in [-0.2, -0.15) is 0 Å². The highest BCUT2D eigenvalue weighted by Gasteiger charge is 2.18. The van der Waals surface area contributed by atoms with Crippen LogP contribution >= 0.6 is 0 Å². The highest BCUT2D eigenvalue weighted by Crippen LogP contribution is 2.27. The second-order valence-electron chi connectivity index (χ2n) is 7.66. The molecule has 0 aliphatic heterocycles. The van der Waals surface area contributed by atoms with Crippen LogP contribution in [0.1, 0.15) is 21.5 Å². The average molecular weight is 441 g/mol. The smallest absolute Gasteiger partial charge is 0.273 e. The van der Waals surface area contributed by atoms with Gasteiger partial charge >= 0.3 is 0 Å². The van der Waals surface area contributed by atoms with Gasteiger partial charge in [-0.3, -0.25) is 25.2 Å². The zero-order chi connectivity index (χ0) is 23.4. The Bertz CT molecular complexity index is 1380. The van der Waals surface area contributed by atoms with Gasteiger partial charge in [0.15, 0.2) is 11.0 Å². The molecule has 0 fully saturated rings. The van der Waals surface area contributed by atoms with Crippen molar-refractivity contribution in [2.45, 2.75) is 13.8 Å². The molecule has 7 heteroatoms. The summed E-state index contributed by atoms with van der Waals surface area (Å²) in [6, 6.07) is 21.6. The van der Waals surface area contributed by atoms with Gasteiger partial charge in [0.05, 0.1) is 17.5 Å². The maximum atomic E-state index is 12.9. The third-order valence-electron chi connectivity index (χ3n) is 5.25. The molecule has 2 amide bonds. The highest BCUT2D eigenvalue weighted by molar-refractivity contribution is 6.05. The Balaban J connectivity index is 1.53. The van der Waals surface area contributed by atoms with E-state index in [2.05, 4.69) is 16.2 Å². The first-order valence-corrected chi connectivity index (χ1v) is 10.5. The van der Waals surface area contributed by atoms with Crippen LogP contribution in [0.4, 0.5) is 5.69 Å². The molecule has 33 heavy (non-hydrogen) atoms. The van der Waals surface area contributed by atoms with Crippen molar-refractivity contribution in [2.75, 3.05) is 11.9 Å². The number of carbonyl (C=O) groups excluding carboxylic acids is 2. The first-order chi connectivity index (χ1) is 15.9. The molecule has 3 N–H and O–H groups in total. The van der Waals surface area contributed by atoms with Crippen molar-refractivity contribution in [1.82, 2.24) is 10.9 Å². The predicted octanol–water partition coefficient (Wildman–Crippen LogP) is 3.95. The molecule has 1 aromatic heterocycles. The molecular formula is C26H23N3O4. The van der Waals surface area contributed by atoms with Gasteiger partial charge in [-0.15, -0.1) is 0 Å². The molecule has 0 aliphatic carbocycles. The number of amides is 2. The topological polar surface area (TPSA) is 100 Å². The molecule has 1 heterocycles. The summed E-state index contributed by atoms with van der Waals surface area (Å²) in [4.78, 5) is 37.9. The second-order valence-corrected chi connectivity index (χ2v) is 7.66. The molecule has 7 nitrogen and oxygen atoms in total. The number of para-hydroxylation sites is 1. The van der Waals surface area contributed by atoms with Gasteiger partial charge in [-0.1, -0.05) is 54.1 Å². The first kappa shape index (κ1) is 21.8. The van der Waals surface area contributed by atoms with E-state index >= 15 is 0 Å². The Hall–Kier alpha value is -4.39. The van der Waals surface area contributed by atoms with Gasteiger partial charge in [0.2, 0.25) is 0 Å². The van der Waals surface area contributed by atoms with Gasteiger partial charge in [0.25, 0.3) is 11.8 Å². The van der Waals surface area contributed by atoms with E-state index in [9.17, 15) is 14.4 Å². The standard InChI is InChI=1S/C26H23N3O4/c1-16-11-13-19(14-12-16)27-15-22(30)28-29-26(32)21-10-6-9-20-23(31)17(2)24(33-25(20)21)18-7-4-3-5-8-18/h3-14,27H,15H2,1-2H3,(H,28,30)(H,29,32). The predicted molar refractivity (Wildman–Crippen MR) is 128 cm³/mol. The number of hydrazine groups is 1. The fourth-order valence-electron chi connectivity index (χ4n) is 3.45. The lowest BCUT2D eigenvalue weighted by Crippen LogP contribution is -2.44.